The molecule has 0 aromatic heterocycles. The first kappa shape index (κ1) is 19.0. The van der Waals surface area contributed by atoms with Gasteiger partial charge in [0.15, 0.2) is 0 Å². The lowest BCUT2D eigenvalue weighted by Crippen LogP contribution is -2.33. The van der Waals surface area contributed by atoms with E-state index in [1.54, 1.807) is 36.4 Å². The Balaban J connectivity index is 2.26. The van der Waals surface area contributed by atoms with Crippen LogP contribution in [0.1, 0.15) is 17.0 Å². The first-order chi connectivity index (χ1) is 11.8. The molecule has 1 atom stereocenters. The summed E-state index contributed by atoms with van der Waals surface area (Å²) in [5.74, 6) is -1.46. The van der Waals surface area contributed by atoms with E-state index in [1.807, 2.05) is 6.92 Å². The van der Waals surface area contributed by atoms with Crippen molar-refractivity contribution in [1.82, 2.24) is 4.31 Å². The quantitative estimate of drug-likeness (QED) is 0.817. The summed E-state index contributed by atoms with van der Waals surface area (Å²) < 4.78 is 31.4. The SMILES string of the molecule is COc1ccc(C(CN(C)S(=O)(=O)c2ccc(C)cc2)C(=O)O)cc1. The maximum Gasteiger partial charge on any atom is 0.312 e. The minimum absolute atomic E-state index is 0.138. The predicted octanol–water partition coefficient (Wildman–Crippen LogP) is 2.49. The minimum Gasteiger partial charge on any atom is -0.497 e. The summed E-state index contributed by atoms with van der Waals surface area (Å²) >= 11 is 0. The zero-order valence-electron chi connectivity index (χ0n) is 14.3. The number of aliphatic carboxylic acids is 1. The molecule has 2 aromatic rings. The van der Waals surface area contributed by atoms with E-state index < -0.39 is 21.9 Å². The number of carboxylic acid groups (broad SMARTS) is 1. The van der Waals surface area contributed by atoms with Gasteiger partial charge in [-0.3, -0.25) is 4.79 Å². The number of carbonyl (C=O) groups is 1. The van der Waals surface area contributed by atoms with Crippen molar-refractivity contribution in [2.24, 2.45) is 0 Å². The zero-order valence-corrected chi connectivity index (χ0v) is 15.2. The van der Waals surface area contributed by atoms with Crippen LogP contribution in [-0.2, 0) is 14.8 Å². The molecule has 0 fully saturated rings. The Morgan fingerprint density at radius 2 is 1.68 bits per heavy atom. The average Bonchev–Trinajstić information content (AvgIpc) is 2.59. The van der Waals surface area contributed by atoms with Crippen LogP contribution in [-0.4, -0.2) is 44.5 Å². The maximum atomic E-state index is 12.6. The molecule has 1 N–H and O–H groups in total. The van der Waals surface area contributed by atoms with Crippen molar-refractivity contribution < 1.29 is 23.1 Å². The highest BCUT2D eigenvalue weighted by atomic mass is 32.2. The van der Waals surface area contributed by atoms with Gasteiger partial charge in [0.2, 0.25) is 10.0 Å². The monoisotopic (exact) mass is 363 g/mol. The van der Waals surface area contributed by atoms with Gasteiger partial charge in [0, 0.05) is 13.6 Å². The van der Waals surface area contributed by atoms with E-state index in [9.17, 15) is 18.3 Å². The van der Waals surface area contributed by atoms with Gasteiger partial charge in [0.25, 0.3) is 0 Å². The highest BCUT2D eigenvalue weighted by Crippen LogP contribution is 2.23. The molecule has 0 aliphatic carbocycles. The molecule has 2 aromatic carbocycles. The molecule has 0 saturated heterocycles. The molecular weight excluding hydrogens is 342 g/mol. The standard InChI is InChI=1S/C18H21NO5S/c1-13-4-10-16(11-5-13)25(22,23)19(2)12-17(18(20)21)14-6-8-15(24-3)9-7-14/h4-11,17H,12H2,1-3H3,(H,20,21). The lowest BCUT2D eigenvalue weighted by Gasteiger charge is -2.22. The van der Waals surface area contributed by atoms with Crippen molar-refractivity contribution in [3.05, 3.63) is 59.7 Å². The number of hydrogen-bond acceptors (Lipinski definition) is 4. The van der Waals surface area contributed by atoms with E-state index >= 15 is 0 Å². The van der Waals surface area contributed by atoms with Crippen LogP contribution in [0.5, 0.6) is 5.75 Å². The fraction of sp³-hybridized carbons (Fsp3) is 0.278. The summed E-state index contributed by atoms with van der Waals surface area (Å²) in [5.41, 5.74) is 1.46. The van der Waals surface area contributed by atoms with Gasteiger partial charge in [-0.1, -0.05) is 29.8 Å². The van der Waals surface area contributed by atoms with Gasteiger partial charge in [-0.25, -0.2) is 8.42 Å². The van der Waals surface area contributed by atoms with E-state index in [2.05, 4.69) is 0 Å². The number of hydrogen-bond donors (Lipinski definition) is 1. The molecule has 0 heterocycles. The second-order valence-corrected chi connectivity index (χ2v) is 7.81. The number of aryl methyl sites for hydroxylation is 1. The fourth-order valence-electron chi connectivity index (χ4n) is 2.41. The van der Waals surface area contributed by atoms with Crippen molar-refractivity contribution in [1.29, 1.82) is 0 Å². The summed E-state index contributed by atoms with van der Waals surface area (Å²) in [6, 6.07) is 13.0. The topological polar surface area (TPSA) is 83.9 Å². The van der Waals surface area contributed by atoms with Crippen LogP contribution < -0.4 is 4.74 Å². The number of ether oxygens (including phenoxy) is 1. The normalized spacial score (nSPS) is 12.8. The van der Waals surface area contributed by atoms with Crippen molar-refractivity contribution >= 4 is 16.0 Å². The van der Waals surface area contributed by atoms with E-state index in [0.717, 1.165) is 9.87 Å². The molecule has 25 heavy (non-hydrogen) atoms. The van der Waals surface area contributed by atoms with Gasteiger partial charge >= 0.3 is 5.97 Å². The summed E-state index contributed by atoms with van der Waals surface area (Å²) in [5, 5.41) is 9.52. The molecule has 134 valence electrons. The van der Waals surface area contributed by atoms with Gasteiger partial charge in [0.05, 0.1) is 17.9 Å². The molecule has 2 rings (SSSR count). The van der Waals surface area contributed by atoms with Crippen molar-refractivity contribution in [2.75, 3.05) is 20.7 Å². The number of benzene rings is 2. The van der Waals surface area contributed by atoms with Crippen molar-refractivity contribution in [3.8, 4) is 5.75 Å². The second kappa shape index (κ2) is 7.67. The summed E-state index contributed by atoms with van der Waals surface area (Å²) in [4.78, 5) is 11.8. The Morgan fingerprint density at radius 1 is 1.12 bits per heavy atom. The van der Waals surface area contributed by atoms with Crippen LogP contribution in [0, 0.1) is 6.92 Å². The van der Waals surface area contributed by atoms with Crippen LogP contribution in [0.15, 0.2) is 53.4 Å². The highest BCUT2D eigenvalue weighted by Gasteiger charge is 2.28. The van der Waals surface area contributed by atoms with Crippen LogP contribution in [0.3, 0.4) is 0 Å². The van der Waals surface area contributed by atoms with Gasteiger partial charge in [-0.15, -0.1) is 0 Å². The Kier molecular flexibility index (Phi) is 5.81. The Labute approximate surface area is 147 Å². The van der Waals surface area contributed by atoms with Crippen LogP contribution in [0.2, 0.25) is 0 Å². The average molecular weight is 363 g/mol. The van der Waals surface area contributed by atoms with E-state index in [4.69, 9.17) is 4.74 Å². The summed E-state index contributed by atoms with van der Waals surface area (Å²) in [6.45, 7) is 1.70. The molecular formula is C18H21NO5S. The van der Waals surface area contributed by atoms with Crippen LogP contribution >= 0.6 is 0 Å². The molecule has 0 aliphatic heterocycles. The van der Waals surface area contributed by atoms with E-state index in [0.29, 0.717) is 11.3 Å². The van der Waals surface area contributed by atoms with Crippen LogP contribution in [0.25, 0.3) is 0 Å². The number of nitrogens with zero attached hydrogens (tertiary/aromatic N) is 1. The Morgan fingerprint density at radius 3 is 2.16 bits per heavy atom. The lowest BCUT2D eigenvalue weighted by atomic mass is 9.99. The number of methoxy groups -OCH3 is 1. The molecule has 0 spiro atoms. The molecule has 7 heteroatoms. The third-order valence-corrected chi connectivity index (χ3v) is 5.82. The largest absolute Gasteiger partial charge is 0.497 e. The van der Waals surface area contributed by atoms with Gasteiger partial charge < -0.3 is 9.84 Å². The van der Waals surface area contributed by atoms with E-state index in [1.165, 1.54) is 26.3 Å². The van der Waals surface area contributed by atoms with Gasteiger partial charge in [-0.2, -0.15) is 4.31 Å². The first-order valence-electron chi connectivity index (χ1n) is 7.65. The summed E-state index contributed by atoms with van der Waals surface area (Å²) in [6.07, 6.45) is 0. The Hall–Kier alpha value is -2.38. The molecule has 0 radical (unpaired) electrons. The van der Waals surface area contributed by atoms with Crippen molar-refractivity contribution in [2.45, 2.75) is 17.7 Å². The smallest absolute Gasteiger partial charge is 0.312 e. The first-order valence-corrected chi connectivity index (χ1v) is 9.09. The minimum atomic E-state index is -3.76. The Bertz CT molecular complexity index is 829. The molecule has 6 nitrogen and oxygen atoms in total. The van der Waals surface area contributed by atoms with Crippen LogP contribution in [0.4, 0.5) is 0 Å². The number of carboxylic acids is 1. The van der Waals surface area contributed by atoms with Gasteiger partial charge in [0.1, 0.15) is 5.75 Å². The number of likely N-dealkylation sites (N-methyl/N-ethyl adjacent to an activating group) is 1. The lowest BCUT2D eigenvalue weighted by molar-refractivity contribution is -0.138. The molecule has 0 amide bonds. The highest BCUT2D eigenvalue weighted by molar-refractivity contribution is 7.89. The molecule has 1 unspecified atom stereocenters. The third kappa shape index (κ3) is 4.37. The molecule has 0 saturated carbocycles. The summed E-state index contributed by atoms with van der Waals surface area (Å²) in [7, 11) is -0.857. The number of sulfonamides is 1. The maximum absolute atomic E-state index is 12.6. The third-order valence-electron chi connectivity index (χ3n) is 3.99. The van der Waals surface area contributed by atoms with Gasteiger partial charge in [-0.05, 0) is 36.8 Å². The number of rotatable bonds is 7. The predicted molar refractivity (Wildman–Crippen MR) is 94.4 cm³/mol. The zero-order chi connectivity index (χ0) is 18.6. The fourth-order valence-corrected chi connectivity index (χ4v) is 3.59. The second-order valence-electron chi connectivity index (χ2n) is 5.76. The van der Waals surface area contributed by atoms with Crippen molar-refractivity contribution in [3.63, 3.8) is 0 Å². The van der Waals surface area contributed by atoms with E-state index in [-0.39, 0.29) is 11.4 Å². The molecule has 0 bridgehead atoms. The molecule has 0 aliphatic rings.